The fourth-order valence-electron chi connectivity index (χ4n) is 3.18. The van der Waals surface area contributed by atoms with Crippen molar-refractivity contribution in [3.63, 3.8) is 0 Å². The van der Waals surface area contributed by atoms with Crippen molar-refractivity contribution in [3.05, 3.63) is 51.0 Å². The lowest BCUT2D eigenvalue weighted by Gasteiger charge is -2.32. The Kier molecular flexibility index (Phi) is 5.18. The van der Waals surface area contributed by atoms with Gasteiger partial charge in [0, 0.05) is 23.9 Å². The average Bonchev–Trinajstić information content (AvgIpc) is 2.94. The van der Waals surface area contributed by atoms with Crippen molar-refractivity contribution in [1.82, 2.24) is 9.88 Å². The van der Waals surface area contributed by atoms with Gasteiger partial charge in [0.2, 0.25) is 5.91 Å². The molecule has 1 aromatic carbocycles. The molecule has 1 unspecified atom stereocenters. The summed E-state index contributed by atoms with van der Waals surface area (Å²) in [5.41, 5.74) is 2.04. The van der Waals surface area contributed by atoms with Gasteiger partial charge in [-0.25, -0.2) is 9.78 Å². The number of aromatic nitrogens is 1. The second kappa shape index (κ2) is 7.35. The molecule has 6 heteroatoms. The van der Waals surface area contributed by atoms with Gasteiger partial charge < -0.3 is 10.0 Å². The highest BCUT2D eigenvalue weighted by Gasteiger charge is 2.27. The molecule has 1 aromatic heterocycles. The molecular weight excluding hydrogens is 336 g/mol. The predicted octanol–water partition coefficient (Wildman–Crippen LogP) is 3.41. The zero-order chi connectivity index (χ0) is 18.0. The lowest BCUT2D eigenvalue weighted by molar-refractivity contribution is -0.131. The quantitative estimate of drug-likeness (QED) is 0.909. The molecule has 0 saturated carbocycles. The Labute approximate surface area is 151 Å². The number of benzene rings is 1. The number of nitrogens with zero attached hydrogens (tertiary/aromatic N) is 2. The van der Waals surface area contributed by atoms with E-state index in [2.05, 4.69) is 11.9 Å². The van der Waals surface area contributed by atoms with Crippen LogP contribution in [0, 0.1) is 13.8 Å². The fraction of sp³-hybridized carbons (Fsp3) is 0.421. The third kappa shape index (κ3) is 4.07. The van der Waals surface area contributed by atoms with E-state index in [4.69, 9.17) is 5.11 Å². The van der Waals surface area contributed by atoms with Crippen molar-refractivity contribution in [1.29, 1.82) is 0 Å². The minimum Gasteiger partial charge on any atom is -0.478 e. The van der Waals surface area contributed by atoms with E-state index in [1.54, 1.807) is 35.6 Å². The van der Waals surface area contributed by atoms with Crippen molar-refractivity contribution in [2.24, 2.45) is 0 Å². The summed E-state index contributed by atoms with van der Waals surface area (Å²) in [6.07, 6.45) is 2.28. The van der Waals surface area contributed by atoms with Crippen LogP contribution in [-0.2, 0) is 11.2 Å². The molecule has 0 bridgehead atoms. The predicted molar refractivity (Wildman–Crippen MR) is 97.2 cm³/mol. The van der Waals surface area contributed by atoms with Gasteiger partial charge in [-0.1, -0.05) is 12.1 Å². The Morgan fingerprint density at radius 2 is 2.16 bits per heavy atom. The lowest BCUT2D eigenvalue weighted by atomic mass is 9.98. The van der Waals surface area contributed by atoms with Crippen LogP contribution in [0.1, 0.15) is 50.3 Å². The molecule has 1 saturated heterocycles. The number of hydrogen-bond donors (Lipinski definition) is 1. The Morgan fingerprint density at radius 1 is 1.36 bits per heavy atom. The molecule has 1 N–H and O–H groups in total. The number of aryl methyl sites for hydroxylation is 2. The molecule has 0 aliphatic carbocycles. The van der Waals surface area contributed by atoms with Crippen molar-refractivity contribution in [2.75, 3.05) is 13.1 Å². The number of thiazole rings is 1. The summed E-state index contributed by atoms with van der Waals surface area (Å²) in [5.74, 6) is -0.612. The number of aromatic carboxylic acids is 1. The second-order valence-electron chi connectivity index (χ2n) is 6.55. The normalized spacial score (nSPS) is 17.5. The summed E-state index contributed by atoms with van der Waals surface area (Å²) >= 11 is 1.73. The topological polar surface area (TPSA) is 70.5 Å². The monoisotopic (exact) mass is 358 g/mol. The van der Waals surface area contributed by atoms with Crippen LogP contribution in [0.4, 0.5) is 0 Å². The van der Waals surface area contributed by atoms with Crippen LogP contribution < -0.4 is 0 Å². The first-order valence-corrected chi connectivity index (χ1v) is 9.29. The molecule has 2 heterocycles. The van der Waals surface area contributed by atoms with Gasteiger partial charge in [0.25, 0.3) is 0 Å². The zero-order valence-electron chi connectivity index (χ0n) is 14.5. The fourth-order valence-corrected chi connectivity index (χ4v) is 4.23. The van der Waals surface area contributed by atoms with Crippen molar-refractivity contribution in [2.45, 2.75) is 39.0 Å². The highest BCUT2D eigenvalue weighted by molar-refractivity contribution is 7.11. The largest absolute Gasteiger partial charge is 0.478 e. The number of amides is 1. The number of carboxylic acid groups (broad SMARTS) is 1. The first kappa shape index (κ1) is 17.6. The van der Waals surface area contributed by atoms with Gasteiger partial charge in [0.05, 0.1) is 22.7 Å². The van der Waals surface area contributed by atoms with E-state index in [1.807, 2.05) is 11.8 Å². The van der Waals surface area contributed by atoms with E-state index in [1.165, 1.54) is 4.88 Å². The number of hydrogen-bond acceptors (Lipinski definition) is 4. The molecule has 1 fully saturated rings. The Hall–Kier alpha value is -2.21. The van der Waals surface area contributed by atoms with Crippen LogP contribution in [0.5, 0.6) is 0 Å². The maximum Gasteiger partial charge on any atom is 0.335 e. The first-order chi connectivity index (χ1) is 11.9. The van der Waals surface area contributed by atoms with Gasteiger partial charge in [0.1, 0.15) is 0 Å². The lowest BCUT2D eigenvalue weighted by Crippen LogP contribution is -2.39. The number of piperidine rings is 1. The first-order valence-electron chi connectivity index (χ1n) is 8.48. The molecule has 1 atom stereocenters. The van der Waals surface area contributed by atoms with Gasteiger partial charge >= 0.3 is 5.97 Å². The second-order valence-corrected chi connectivity index (χ2v) is 7.79. The van der Waals surface area contributed by atoms with Crippen molar-refractivity contribution < 1.29 is 14.7 Å². The molecule has 5 nitrogen and oxygen atoms in total. The summed E-state index contributed by atoms with van der Waals surface area (Å²) in [5, 5.41) is 10.2. The molecule has 1 aliphatic heterocycles. The standard InChI is InChI=1S/C19H22N2O3S/c1-12-13(2)25-18(20-12)16-7-4-8-21(11-16)17(22)10-14-5-3-6-15(9-14)19(23)24/h3,5-6,9,16H,4,7-8,10-11H2,1-2H3,(H,23,24). The minimum atomic E-state index is -0.971. The molecule has 0 spiro atoms. The zero-order valence-corrected chi connectivity index (χ0v) is 15.3. The minimum absolute atomic E-state index is 0.0530. The maximum atomic E-state index is 12.7. The third-order valence-electron chi connectivity index (χ3n) is 4.70. The van der Waals surface area contributed by atoms with E-state index >= 15 is 0 Å². The Bertz CT molecular complexity index is 780. The summed E-state index contributed by atoms with van der Waals surface area (Å²) in [7, 11) is 0. The molecule has 1 amide bonds. The van der Waals surface area contributed by atoms with Gasteiger partial charge in [-0.2, -0.15) is 0 Å². The number of carbonyl (C=O) groups excluding carboxylic acids is 1. The van der Waals surface area contributed by atoms with E-state index in [0.717, 1.165) is 35.7 Å². The van der Waals surface area contributed by atoms with Gasteiger partial charge in [-0.15, -0.1) is 11.3 Å². The summed E-state index contributed by atoms with van der Waals surface area (Å²) in [6, 6.07) is 6.61. The van der Waals surface area contributed by atoms with Gasteiger partial charge in [-0.05, 0) is 44.4 Å². The Morgan fingerprint density at radius 3 is 2.84 bits per heavy atom. The van der Waals surface area contributed by atoms with Crippen LogP contribution in [0.15, 0.2) is 24.3 Å². The van der Waals surface area contributed by atoms with E-state index in [-0.39, 0.29) is 17.9 Å². The van der Waals surface area contributed by atoms with Crippen molar-refractivity contribution >= 4 is 23.2 Å². The molecule has 3 rings (SSSR count). The summed E-state index contributed by atoms with van der Waals surface area (Å²) in [6.45, 7) is 5.56. The maximum absolute atomic E-state index is 12.7. The highest BCUT2D eigenvalue weighted by atomic mass is 32.1. The van der Waals surface area contributed by atoms with E-state index in [9.17, 15) is 9.59 Å². The smallest absolute Gasteiger partial charge is 0.335 e. The Balaban J connectivity index is 1.67. The average molecular weight is 358 g/mol. The molecular formula is C19H22N2O3S. The SMILES string of the molecule is Cc1nc(C2CCCN(C(=O)Cc3cccc(C(=O)O)c3)C2)sc1C. The van der Waals surface area contributed by atoms with Crippen LogP contribution in [0.2, 0.25) is 0 Å². The molecule has 0 radical (unpaired) electrons. The van der Waals surface area contributed by atoms with Crippen LogP contribution in [0.25, 0.3) is 0 Å². The van der Waals surface area contributed by atoms with Crippen LogP contribution in [0.3, 0.4) is 0 Å². The number of carbonyl (C=O) groups is 2. The number of rotatable bonds is 4. The van der Waals surface area contributed by atoms with E-state index in [0.29, 0.717) is 12.5 Å². The molecule has 2 aromatic rings. The molecule has 132 valence electrons. The van der Waals surface area contributed by atoms with Crippen LogP contribution >= 0.6 is 11.3 Å². The highest BCUT2D eigenvalue weighted by Crippen LogP contribution is 2.31. The summed E-state index contributed by atoms with van der Waals surface area (Å²) in [4.78, 5) is 31.5. The third-order valence-corrected chi connectivity index (χ3v) is 5.93. The molecule has 25 heavy (non-hydrogen) atoms. The van der Waals surface area contributed by atoms with E-state index < -0.39 is 5.97 Å². The number of likely N-dealkylation sites (tertiary alicyclic amines) is 1. The van der Waals surface area contributed by atoms with Crippen molar-refractivity contribution in [3.8, 4) is 0 Å². The van der Waals surface area contributed by atoms with Crippen LogP contribution in [-0.4, -0.2) is 40.0 Å². The van der Waals surface area contributed by atoms with Gasteiger partial charge in [-0.3, -0.25) is 4.79 Å². The molecule has 1 aliphatic rings. The number of carboxylic acids is 1. The summed E-state index contributed by atoms with van der Waals surface area (Å²) < 4.78 is 0. The van der Waals surface area contributed by atoms with Gasteiger partial charge in [0.15, 0.2) is 0 Å².